The lowest BCUT2D eigenvalue weighted by atomic mass is 9.86. The van der Waals surface area contributed by atoms with Gasteiger partial charge in [0.1, 0.15) is 5.60 Å². The van der Waals surface area contributed by atoms with E-state index < -0.39 is 0 Å². The third-order valence-corrected chi connectivity index (χ3v) is 3.07. The lowest BCUT2D eigenvalue weighted by Crippen LogP contribution is -2.35. The Morgan fingerprint density at radius 3 is 2.62 bits per heavy atom. The molecule has 0 aliphatic heterocycles. The fourth-order valence-corrected chi connectivity index (χ4v) is 2.12. The average Bonchev–Trinajstić information content (AvgIpc) is 2.25. The summed E-state index contributed by atoms with van der Waals surface area (Å²) >= 11 is 0. The molecule has 0 spiro atoms. The maximum Gasteiger partial charge on any atom is 0.307 e. The average molecular weight is 229 g/mol. The van der Waals surface area contributed by atoms with Crippen LogP contribution in [0.5, 0.6) is 0 Å². The molecule has 4 heteroatoms. The van der Waals surface area contributed by atoms with Crippen LogP contribution < -0.4 is 5.32 Å². The zero-order valence-corrected chi connectivity index (χ0v) is 10.1. The number of hydrogen-bond donors (Lipinski definition) is 2. The van der Waals surface area contributed by atoms with Crippen molar-refractivity contribution in [3.8, 4) is 0 Å². The zero-order valence-electron chi connectivity index (χ0n) is 10.1. The molecular formula is C12H23NO3. The fourth-order valence-electron chi connectivity index (χ4n) is 2.12. The quantitative estimate of drug-likeness (QED) is 0.531. The smallest absolute Gasteiger partial charge is 0.307 e. The van der Waals surface area contributed by atoms with Gasteiger partial charge in [-0.3, -0.25) is 4.79 Å². The summed E-state index contributed by atoms with van der Waals surface area (Å²) in [7, 11) is 0. The summed E-state index contributed by atoms with van der Waals surface area (Å²) < 4.78 is 5.52. The number of ether oxygens (including phenoxy) is 1. The highest BCUT2D eigenvalue weighted by atomic mass is 16.6. The van der Waals surface area contributed by atoms with Gasteiger partial charge < -0.3 is 15.2 Å². The van der Waals surface area contributed by atoms with Gasteiger partial charge in [-0.2, -0.15) is 0 Å². The Morgan fingerprint density at radius 2 is 2.00 bits per heavy atom. The van der Waals surface area contributed by atoms with Crippen molar-refractivity contribution in [3.63, 3.8) is 0 Å². The molecule has 1 fully saturated rings. The first kappa shape index (κ1) is 13.5. The molecule has 0 saturated heterocycles. The van der Waals surface area contributed by atoms with Crippen LogP contribution in [-0.4, -0.2) is 36.4 Å². The normalized spacial score (nSPS) is 19.4. The summed E-state index contributed by atoms with van der Waals surface area (Å²) in [5.41, 5.74) is -0.230. The van der Waals surface area contributed by atoms with Crippen LogP contribution in [0.3, 0.4) is 0 Å². The van der Waals surface area contributed by atoms with Crippen molar-refractivity contribution in [3.05, 3.63) is 0 Å². The van der Waals surface area contributed by atoms with E-state index in [0.717, 1.165) is 25.7 Å². The van der Waals surface area contributed by atoms with Crippen molar-refractivity contribution >= 4 is 5.97 Å². The van der Waals surface area contributed by atoms with E-state index in [9.17, 15) is 4.79 Å². The Hall–Kier alpha value is -0.610. The van der Waals surface area contributed by atoms with E-state index >= 15 is 0 Å². The van der Waals surface area contributed by atoms with Gasteiger partial charge in [-0.15, -0.1) is 0 Å². The molecule has 0 aromatic rings. The lowest BCUT2D eigenvalue weighted by molar-refractivity contribution is -0.161. The number of aliphatic hydroxyl groups excluding tert-OH is 1. The van der Waals surface area contributed by atoms with Gasteiger partial charge in [0.15, 0.2) is 0 Å². The van der Waals surface area contributed by atoms with E-state index in [2.05, 4.69) is 5.32 Å². The van der Waals surface area contributed by atoms with Crippen molar-refractivity contribution < 1.29 is 14.6 Å². The van der Waals surface area contributed by atoms with Gasteiger partial charge in [0, 0.05) is 13.1 Å². The molecule has 1 saturated carbocycles. The fraction of sp³-hybridized carbons (Fsp3) is 0.917. The highest BCUT2D eigenvalue weighted by Crippen LogP contribution is 2.31. The largest absolute Gasteiger partial charge is 0.459 e. The van der Waals surface area contributed by atoms with Crippen LogP contribution in [0.25, 0.3) is 0 Å². The summed E-state index contributed by atoms with van der Waals surface area (Å²) in [5, 5.41) is 11.5. The van der Waals surface area contributed by atoms with Crippen LogP contribution in [0.4, 0.5) is 0 Å². The second kappa shape index (κ2) is 6.86. The molecule has 2 N–H and O–H groups in total. The second-order valence-electron chi connectivity index (χ2n) is 4.71. The van der Waals surface area contributed by atoms with Crippen molar-refractivity contribution in [2.75, 3.05) is 19.7 Å². The predicted molar refractivity (Wildman–Crippen MR) is 62.2 cm³/mol. The van der Waals surface area contributed by atoms with Crippen molar-refractivity contribution in [1.29, 1.82) is 0 Å². The molecular weight excluding hydrogens is 206 g/mol. The molecule has 1 aliphatic carbocycles. The Bertz CT molecular complexity index is 212. The Morgan fingerprint density at radius 1 is 1.31 bits per heavy atom. The Kier molecular flexibility index (Phi) is 5.77. The third-order valence-electron chi connectivity index (χ3n) is 3.07. The number of carbonyl (C=O) groups excluding carboxylic acids is 1. The van der Waals surface area contributed by atoms with Crippen molar-refractivity contribution in [2.45, 2.75) is 51.0 Å². The van der Waals surface area contributed by atoms with Crippen LogP contribution in [0.1, 0.15) is 45.4 Å². The first-order valence-corrected chi connectivity index (χ1v) is 6.20. The monoisotopic (exact) mass is 229 g/mol. The van der Waals surface area contributed by atoms with Gasteiger partial charge in [0.25, 0.3) is 0 Å². The zero-order chi connectivity index (χ0) is 11.9. The van der Waals surface area contributed by atoms with Gasteiger partial charge in [0.2, 0.25) is 0 Å². The maximum absolute atomic E-state index is 11.6. The molecule has 0 atom stereocenters. The minimum Gasteiger partial charge on any atom is -0.459 e. The minimum absolute atomic E-state index is 0.104. The summed E-state index contributed by atoms with van der Waals surface area (Å²) in [4.78, 5) is 11.6. The number of aliphatic hydroxyl groups is 1. The number of carbonyl (C=O) groups is 1. The predicted octanol–water partition coefficient (Wildman–Crippen LogP) is 1.22. The van der Waals surface area contributed by atoms with Gasteiger partial charge in [0.05, 0.1) is 13.0 Å². The van der Waals surface area contributed by atoms with Crippen LogP contribution in [0, 0.1) is 0 Å². The second-order valence-corrected chi connectivity index (χ2v) is 4.71. The van der Waals surface area contributed by atoms with E-state index in [-0.39, 0.29) is 18.2 Å². The molecule has 16 heavy (non-hydrogen) atoms. The minimum atomic E-state index is -0.230. The first-order chi connectivity index (χ1) is 7.66. The van der Waals surface area contributed by atoms with Crippen LogP contribution >= 0.6 is 0 Å². The molecule has 1 aliphatic rings. The van der Waals surface area contributed by atoms with Gasteiger partial charge in [-0.25, -0.2) is 0 Å². The topological polar surface area (TPSA) is 58.6 Å². The Balaban J connectivity index is 2.17. The lowest BCUT2D eigenvalue weighted by Gasteiger charge is -2.33. The summed E-state index contributed by atoms with van der Waals surface area (Å²) in [5.74, 6) is -0.130. The van der Waals surface area contributed by atoms with Crippen LogP contribution in [0.15, 0.2) is 0 Å². The van der Waals surface area contributed by atoms with E-state index in [1.165, 1.54) is 6.42 Å². The molecule has 0 amide bonds. The van der Waals surface area contributed by atoms with Gasteiger partial charge in [-0.05, 0) is 32.6 Å². The summed E-state index contributed by atoms with van der Waals surface area (Å²) in [6.07, 6.45) is 5.94. The number of esters is 1. The maximum atomic E-state index is 11.6. The van der Waals surface area contributed by atoms with Crippen molar-refractivity contribution in [1.82, 2.24) is 5.32 Å². The summed E-state index contributed by atoms with van der Waals surface area (Å²) in [6.45, 7) is 3.25. The molecule has 94 valence electrons. The van der Waals surface area contributed by atoms with E-state index in [4.69, 9.17) is 9.84 Å². The molecule has 0 aromatic heterocycles. The standard InChI is InChI=1S/C12H23NO3/c1-12(6-3-2-4-7-12)16-11(15)5-8-13-9-10-14/h13-14H,2-10H2,1H3. The van der Waals surface area contributed by atoms with Gasteiger partial charge in [-0.1, -0.05) is 6.42 Å². The van der Waals surface area contributed by atoms with E-state index in [1.54, 1.807) is 0 Å². The molecule has 1 rings (SSSR count). The number of hydrogen-bond acceptors (Lipinski definition) is 4. The summed E-state index contributed by atoms with van der Waals surface area (Å²) in [6, 6.07) is 0. The van der Waals surface area contributed by atoms with E-state index in [1.807, 2.05) is 6.92 Å². The highest BCUT2D eigenvalue weighted by Gasteiger charge is 2.30. The molecule has 4 nitrogen and oxygen atoms in total. The van der Waals surface area contributed by atoms with Gasteiger partial charge >= 0.3 is 5.97 Å². The van der Waals surface area contributed by atoms with E-state index in [0.29, 0.717) is 19.5 Å². The molecule has 0 radical (unpaired) electrons. The first-order valence-electron chi connectivity index (χ1n) is 6.20. The SMILES string of the molecule is CC1(OC(=O)CCNCCO)CCCCC1. The third kappa shape index (κ3) is 4.94. The van der Waals surface area contributed by atoms with Crippen LogP contribution in [-0.2, 0) is 9.53 Å². The molecule has 0 aromatic carbocycles. The van der Waals surface area contributed by atoms with Crippen molar-refractivity contribution in [2.24, 2.45) is 0 Å². The molecule has 0 unspecified atom stereocenters. The molecule has 0 bridgehead atoms. The highest BCUT2D eigenvalue weighted by molar-refractivity contribution is 5.70. The Labute approximate surface area is 97.4 Å². The number of nitrogens with one attached hydrogen (secondary N) is 1. The molecule has 0 heterocycles. The number of rotatable bonds is 6. The van der Waals surface area contributed by atoms with Crippen LogP contribution in [0.2, 0.25) is 0 Å².